The molecule has 0 aliphatic rings. The number of benzene rings is 2. The van der Waals surface area contributed by atoms with E-state index >= 15 is 0 Å². The molecule has 0 atom stereocenters. The molecule has 0 bridgehead atoms. The minimum atomic E-state index is -0.546. The lowest BCUT2D eigenvalue weighted by molar-refractivity contribution is -0.385. The van der Waals surface area contributed by atoms with Gasteiger partial charge in [0.15, 0.2) is 0 Å². The lowest BCUT2D eigenvalue weighted by Crippen LogP contribution is -2.23. The van der Waals surface area contributed by atoms with Crippen LogP contribution in [0.15, 0.2) is 58.8 Å². The fourth-order valence-corrected chi connectivity index (χ4v) is 3.55. The van der Waals surface area contributed by atoms with Gasteiger partial charge in [-0.1, -0.05) is 30.3 Å². The van der Waals surface area contributed by atoms with Crippen LogP contribution in [0.4, 0.5) is 5.69 Å². The number of rotatable bonds is 6. The first-order chi connectivity index (χ1) is 12.6. The molecule has 0 aliphatic carbocycles. The number of hydrogen-bond acceptors (Lipinski definition) is 6. The number of nitrogens with one attached hydrogen (secondary N) is 1. The van der Waals surface area contributed by atoms with Gasteiger partial charge in [0, 0.05) is 21.9 Å². The van der Waals surface area contributed by atoms with Gasteiger partial charge in [-0.05, 0) is 18.4 Å². The minimum absolute atomic E-state index is 0.0571. The second-order valence-corrected chi connectivity index (χ2v) is 7.14. The molecule has 1 amide bonds. The van der Waals surface area contributed by atoms with E-state index in [2.05, 4.69) is 10.3 Å². The number of carbonyl (C=O) groups is 1. The van der Waals surface area contributed by atoms with Gasteiger partial charge in [-0.15, -0.1) is 23.1 Å². The molecule has 3 rings (SSSR count). The standard InChI is InChI=1S/C18H15N3O3S2/c1-25-13-7-8-16(21(23)24)14(9-13)18(22)19-10-17-20-15(11-26-17)12-5-3-2-4-6-12/h2-9,11H,10H2,1H3,(H,19,22). The molecule has 8 heteroatoms. The molecule has 3 aromatic rings. The molecule has 0 spiro atoms. The molecule has 132 valence electrons. The van der Waals surface area contributed by atoms with Crippen molar-refractivity contribution in [2.45, 2.75) is 11.4 Å². The zero-order valence-corrected chi connectivity index (χ0v) is 15.5. The Hall–Kier alpha value is -2.71. The molecule has 0 saturated carbocycles. The van der Waals surface area contributed by atoms with Gasteiger partial charge in [-0.3, -0.25) is 14.9 Å². The lowest BCUT2D eigenvalue weighted by Gasteiger charge is -2.06. The van der Waals surface area contributed by atoms with E-state index in [9.17, 15) is 14.9 Å². The molecule has 0 radical (unpaired) electrons. The van der Waals surface area contributed by atoms with Crippen molar-refractivity contribution in [3.8, 4) is 11.3 Å². The van der Waals surface area contributed by atoms with Crippen molar-refractivity contribution in [3.05, 3.63) is 74.6 Å². The summed E-state index contributed by atoms with van der Waals surface area (Å²) in [5, 5.41) is 16.6. The van der Waals surface area contributed by atoms with Crippen LogP contribution in [0.3, 0.4) is 0 Å². The number of carbonyl (C=O) groups excluding carboxylic acids is 1. The van der Waals surface area contributed by atoms with Crippen LogP contribution >= 0.6 is 23.1 Å². The summed E-state index contributed by atoms with van der Waals surface area (Å²) in [5.74, 6) is -0.482. The van der Waals surface area contributed by atoms with E-state index in [1.165, 1.54) is 35.2 Å². The van der Waals surface area contributed by atoms with Gasteiger partial charge in [-0.25, -0.2) is 4.98 Å². The van der Waals surface area contributed by atoms with Crippen molar-refractivity contribution in [3.63, 3.8) is 0 Å². The molecule has 0 unspecified atom stereocenters. The molecule has 1 N–H and O–H groups in total. The van der Waals surface area contributed by atoms with Crippen LogP contribution in [0, 0.1) is 10.1 Å². The number of hydrogen-bond donors (Lipinski definition) is 1. The first-order valence-corrected chi connectivity index (χ1v) is 9.79. The molecule has 1 aromatic heterocycles. The maximum absolute atomic E-state index is 12.4. The van der Waals surface area contributed by atoms with Gasteiger partial charge >= 0.3 is 0 Å². The van der Waals surface area contributed by atoms with Crippen molar-refractivity contribution in [1.82, 2.24) is 10.3 Å². The van der Waals surface area contributed by atoms with Crippen LogP contribution < -0.4 is 5.32 Å². The Labute approximate surface area is 158 Å². The van der Waals surface area contributed by atoms with E-state index in [0.29, 0.717) is 0 Å². The largest absolute Gasteiger partial charge is 0.345 e. The number of nitro benzene ring substituents is 1. The number of nitro groups is 1. The van der Waals surface area contributed by atoms with Gasteiger partial charge < -0.3 is 5.32 Å². The van der Waals surface area contributed by atoms with Crippen LogP contribution in [-0.4, -0.2) is 22.1 Å². The van der Waals surface area contributed by atoms with Gasteiger partial charge in [0.25, 0.3) is 11.6 Å². The Balaban J connectivity index is 1.73. The lowest BCUT2D eigenvalue weighted by atomic mass is 10.1. The second kappa shape index (κ2) is 8.11. The van der Waals surface area contributed by atoms with Crippen LogP contribution in [0.1, 0.15) is 15.4 Å². The third-order valence-electron chi connectivity index (χ3n) is 3.67. The number of thioether (sulfide) groups is 1. The van der Waals surface area contributed by atoms with Gasteiger partial charge in [0.1, 0.15) is 10.6 Å². The second-order valence-electron chi connectivity index (χ2n) is 5.32. The Morgan fingerprint density at radius 1 is 1.27 bits per heavy atom. The van der Waals surface area contributed by atoms with E-state index in [-0.39, 0.29) is 17.8 Å². The van der Waals surface area contributed by atoms with Gasteiger partial charge in [0.2, 0.25) is 0 Å². The molecule has 1 heterocycles. The van der Waals surface area contributed by atoms with E-state index < -0.39 is 10.8 Å². The summed E-state index contributed by atoms with van der Waals surface area (Å²) < 4.78 is 0. The molecule has 0 aliphatic heterocycles. The highest BCUT2D eigenvalue weighted by Crippen LogP contribution is 2.25. The van der Waals surface area contributed by atoms with Crippen molar-refractivity contribution < 1.29 is 9.72 Å². The van der Waals surface area contributed by atoms with Crippen molar-refractivity contribution in [2.75, 3.05) is 6.26 Å². The predicted molar refractivity (Wildman–Crippen MR) is 104 cm³/mol. The maximum atomic E-state index is 12.4. The average molecular weight is 385 g/mol. The fraction of sp³-hybridized carbons (Fsp3) is 0.111. The summed E-state index contributed by atoms with van der Waals surface area (Å²) >= 11 is 2.86. The smallest absolute Gasteiger partial charge is 0.282 e. The molecule has 2 aromatic carbocycles. The highest BCUT2D eigenvalue weighted by Gasteiger charge is 2.20. The highest BCUT2D eigenvalue weighted by atomic mass is 32.2. The van der Waals surface area contributed by atoms with Crippen LogP contribution in [0.2, 0.25) is 0 Å². The average Bonchev–Trinajstić information content (AvgIpc) is 3.15. The Morgan fingerprint density at radius 3 is 2.73 bits per heavy atom. The van der Waals surface area contributed by atoms with Gasteiger partial charge in [0.05, 0.1) is 17.2 Å². The maximum Gasteiger partial charge on any atom is 0.282 e. The van der Waals surface area contributed by atoms with Crippen molar-refractivity contribution in [1.29, 1.82) is 0 Å². The summed E-state index contributed by atoms with van der Waals surface area (Å²) in [6.07, 6.45) is 1.85. The Bertz CT molecular complexity index is 942. The van der Waals surface area contributed by atoms with E-state index in [1.807, 2.05) is 42.0 Å². The van der Waals surface area contributed by atoms with Crippen LogP contribution in [0.5, 0.6) is 0 Å². The summed E-state index contributed by atoms with van der Waals surface area (Å²) in [6, 6.07) is 14.3. The van der Waals surface area contributed by atoms with E-state index in [0.717, 1.165) is 21.2 Å². The van der Waals surface area contributed by atoms with E-state index in [1.54, 1.807) is 6.07 Å². The third-order valence-corrected chi connectivity index (χ3v) is 5.24. The minimum Gasteiger partial charge on any atom is -0.345 e. The zero-order valence-electron chi connectivity index (χ0n) is 13.8. The number of amides is 1. The van der Waals surface area contributed by atoms with Crippen molar-refractivity contribution in [2.24, 2.45) is 0 Å². The zero-order chi connectivity index (χ0) is 18.5. The molecule has 26 heavy (non-hydrogen) atoms. The molecular formula is C18H15N3O3S2. The van der Waals surface area contributed by atoms with E-state index in [4.69, 9.17) is 0 Å². The molecular weight excluding hydrogens is 370 g/mol. The fourth-order valence-electron chi connectivity index (χ4n) is 2.37. The Morgan fingerprint density at radius 2 is 2.04 bits per heavy atom. The molecule has 0 saturated heterocycles. The first kappa shape index (κ1) is 18.1. The monoisotopic (exact) mass is 385 g/mol. The Kier molecular flexibility index (Phi) is 5.65. The first-order valence-electron chi connectivity index (χ1n) is 7.69. The summed E-state index contributed by atoms with van der Waals surface area (Å²) in [4.78, 5) is 28.4. The SMILES string of the molecule is CSc1ccc([N+](=O)[O-])c(C(=O)NCc2nc(-c3ccccc3)cs2)c1. The van der Waals surface area contributed by atoms with Crippen molar-refractivity contribution >= 4 is 34.7 Å². The summed E-state index contributed by atoms with van der Waals surface area (Å²) in [6.45, 7) is 0.219. The summed E-state index contributed by atoms with van der Waals surface area (Å²) in [7, 11) is 0. The normalized spacial score (nSPS) is 10.5. The highest BCUT2D eigenvalue weighted by molar-refractivity contribution is 7.98. The third kappa shape index (κ3) is 4.09. The number of nitrogens with zero attached hydrogens (tertiary/aromatic N) is 2. The summed E-state index contributed by atoms with van der Waals surface area (Å²) in [5.41, 5.74) is 1.70. The molecule has 6 nitrogen and oxygen atoms in total. The number of aromatic nitrogens is 1. The number of thiazole rings is 1. The van der Waals surface area contributed by atoms with Crippen LogP contribution in [0.25, 0.3) is 11.3 Å². The topological polar surface area (TPSA) is 85.1 Å². The van der Waals surface area contributed by atoms with Crippen LogP contribution in [-0.2, 0) is 6.54 Å². The van der Waals surface area contributed by atoms with Gasteiger partial charge in [-0.2, -0.15) is 0 Å². The molecule has 0 fully saturated rings. The quantitative estimate of drug-likeness (QED) is 0.387. The predicted octanol–water partition coefficient (Wildman–Crippen LogP) is 4.37.